The first kappa shape index (κ1) is 20.0. The fourth-order valence-electron chi connectivity index (χ4n) is 5.06. The standard InChI is InChI=1S/C24H24F2N2O3/c1-27-20-7-4-18(26)8-14(20)9-21(27)24(30)28-12-15-10-22(29)23(11-16(15)13-28)31-19-5-2-17(25)3-6-19/h2-9,15-16,22-23,29H,10-13H2,1H3/t15-,16+,22+,23+/m0/s1. The second-order valence-electron chi connectivity index (χ2n) is 8.67. The summed E-state index contributed by atoms with van der Waals surface area (Å²) in [5.41, 5.74) is 1.34. The van der Waals surface area contributed by atoms with Gasteiger partial charge in [-0.15, -0.1) is 0 Å². The van der Waals surface area contributed by atoms with Crippen molar-refractivity contribution in [3.05, 3.63) is 65.9 Å². The van der Waals surface area contributed by atoms with Crippen LogP contribution in [-0.2, 0) is 7.05 Å². The van der Waals surface area contributed by atoms with Crippen LogP contribution < -0.4 is 4.74 Å². The molecule has 1 aromatic heterocycles. The van der Waals surface area contributed by atoms with Gasteiger partial charge in [0.2, 0.25) is 0 Å². The molecule has 1 N–H and O–H groups in total. The number of aromatic nitrogens is 1. The van der Waals surface area contributed by atoms with E-state index in [2.05, 4.69) is 0 Å². The Hall–Kier alpha value is -2.93. The summed E-state index contributed by atoms with van der Waals surface area (Å²) in [5, 5.41) is 11.3. The van der Waals surface area contributed by atoms with Gasteiger partial charge in [-0.25, -0.2) is 8.78 Å². The molecular weight excluding hydrogens is 402 g/mol. The number of nitrogens with zero attached hydrogens (tertiary/aromatic N) is 2. The number of halogens is 2. The average molecular weight is 426 g/mol. The smallest absolute Gasteiger partial charge is 0.270 e. The van der Waals surface area contributed by atoms with Crippen LogP contribution in [0.15, 0.2) is 48.5 Å². The predicted octanol–water partition coefficient (Wildman–Crippen LogP) is 3.75. The van der Waals surface area contributed by atoms with Gasteiger partial charge in [0.1, 0.15) is 29.2 Å². The normalized spacial score (nSPS) is 25.6. The van der Waals surface area contributed by atoms with Gasteiger partial charge < -0.3 is 19.3 Å². The van der Waals surface area contributed by atoms with Gasteiger partial charge in [0.05, 0.1) is 6.10 Å². The first-order valence-corrected chi connectivity index (χ1v) is 10.5. The van der Waals surface area contributed by atoms with Crippen molar-refractivity contribution >= 4 is 16.8 Å². The number of aliphatic hydroxyl groups excluding tert-OH is 1. The van der Waals surface area contributed by atoms with Crippen LogP contribution >= 0.6 is 0 Å². The Morgan fingerprint density at radius 2 is 1.68 bits per heavy atom. The molecule has 162 valence electrons. The lowest BCUT2D eigenvalue weighted by Crippen LogP contribution is -2.42. The minimum absolute atomic E-state index is 0.0843. The van der Waals surface area contributed by atoms with Crippen molar-refractivity contribution in [2.45, 2.75) is 25.0 Å². The Morgan fingerprint density at radius 1 is 1.00 bits per heavy atom. The topological polar surface area (TPSA) is 54.7 Å². The van der Waals surface area contributed by atoms with Crippen LogP contribution in [0.3, 0.4) is 0 Å². The summed E-state index contributed by atoms with van der Waals surface area (Å²) >= 11 is 0. The van der Waals surface area contributed by atoms with Gasteiger partial charge in [-0.2, -0.15) is 0 Å². The van der Waals surface area contributed by atoms with Crippen LogP contribution in [0.2, 0.25) is 0 Å². The molecule has 2 heterocycles. The lowest BCUT2D eigenvalue weighted by atomic mass is 9.78. The number of amides is 1. The summed E-state index contributed by atoms with van der Waals surface area (Å²) < 4.78 is 34.4. The Labute approximate surface area is 178 Å². The Kier molecular flexibility index (Phi) is 4.93. The van der Waals surface area contributed by atoms with Gasteiger partial charge >= 0.3 is 0 Å². The lowest BCUT2D eigenvalue weighted by Gasteiger charge is -2.35. The second kappa shape index (κ2) is 7.64. The van der Waals surface area contributed by atoms with Crippen LogP contribution in [-0.4, -0.2) is 45.8 Å². The van der Waals surface area contributed by atoms with E-state index in [1.54, 1.807) is 28.8 Å². The van der Waals surface area contributed by atoms with E-state index in [9.17, 15) is 18.7 Å². The van der Waals surface area contributed by atoms with E-state index in [1.165, 1.54) is 24.3 Å². The molecule has 0 radical (unpaired) electrons. The number of hydrogen-bond donors (Lipinski definition) is 1. The van der Waals surface area contributed by atoms with Gasteiger partial charge in [-0.3, -0.25) is 4.79 Å². The molecule has 2 fully saturated rings. The molecule has 7 heteroatoms. The van der Waals surface area contributed by atoms with E-state index in [0.717, 1.165) is 5.52 Å². The van der Waals surface area contributed by atoms with Gasteiger partial charge in [0, 0.05) is 31.0 Å². The molecule has 5 rings (SSSR count). The molecular formula is C24H24F2N2O3. The van der Waals surface area contributed by atoms with E-state index in [0.29, 0.717) is 42.8 Å². The molecule has 0 unspecified atom stereocenters. The second-order valence-corrected chi connectivity index (χ2v) is 8.67. The van der Waals surface area contributed by atoms with Crippen molar-refractivity contribution in [1.82, 2.24) is 9.47 Å². The Morgan fingerprint density at radius 3 is 2.42 bits per heavy atom. The molecule has 2 aliphatic rings. The molecule has 1 aliphatic heterocycles. The zero-order valence-corrected chi connectivity index (χ0v) is 17.2. The molecule has 1 aliphatic carbocycles. The summed E-state index contributed by atoms with van der Waals surface area (Å²) in [5.74, 6) is 0.212. The minimum atomic E-state index is -0.637. The Balaban J connectivity index is 1.30. The van der Waals surface area contributed by atoms with Gasteiger partial charge in [-0.05, 0) is 73.2 Å². The molecule has 31 heavy (non-hydrogen) atoms. The summed E-state index contributed by atoms with van der Waals surface area (Å²) in [4.78, 5) is 15.1. The molecule has 2 aromatic carbocycles. The molecule has 4 atom stereocenters. The average Bonchev–Trinajstić information content (AvgIpc) is 3.30. The number of carbonyl (C=O) groups is 1. The van der Waals surface area contributed by atoms with Gasteiger partial charge in [0.25, 0.3) is 5.91 Å². The molecule has 0 bridgehead atoms. The van der Waals surface area contributed by atoms with Crippen LogP contribution in [0.5, 0.6) is 5.75 Å². The number of benzene rings is 2. The van der Waals surface area contributed by atoms with Gasteiger partial charge in [-0.1, -0.05) is 0 Å². The summed E-state index contributed by atoms with van der Waals surface area (Å²) in [6, 6.07) is 12.0. The van der Waals surface area contributed by atoms with Crippen LogP contribution in [0.1, 0.15) is 23.3 Å². The fraction of sp³-hybridized carbons (Fsp3) is 0.375. The van der Waals surface area contributed by atoms with E-state index in [-0.39, 0.29) is 35.5 Å². The molecule has 1 amide bonds. The summed E-state index contributed by atoms with van der Waals surface area (Å²) in [6.45, 7) is 1.18. The van der Waals surface area contributed by atoms with E-state index in [4.69, 9.17) is 4.74 Å². The predicted molar refractivity (Wildman–Crippen MR) is 112 cm³/mol. The molecule has 1 saturated heterocycles. The number of aliphatic hydroxyl groups is 1. The third kappa shape index (κ3) is 3.67. The van der Waals surface area contributed by atoms with E-state index in [1.807, 2.05) is 11.9 Å². The third-order valence-electron chi connectivity index (χ3n) is 6.70. The molecule has 3 aromatic rings. The first-order chi connectivity index (χ1) is 14.9. The number of carbonyl (C=O) groups excluding carboxylic acids is 1. The highest BCUT2D eigenvalue weighted by atomic mass is 19.1. The van der Waals surface area contributed by atoms with Crippen LogP contribution in [0.4, 0.5) is 8.78 Å². The molecule has 1 saturated carbocycles. The van der Waals surface area contributed by atoms with Crippen molar-refractivity contribution < 1.29 is 23.4 Å². The number of likely N-dealkylation sites (tertiary alicyclic amines) is 1. The largest absolute Gasteiger partial charge is 0.488 e. The van der Waals surface area contributed by atoms with Crippen molar-refractivity contribution in [3.63, 3.8) is 0 Å². The summed E-state index contributed by atoms with van der Waals surface area (Å²) in [7, 11) is 1.81. The maximum atomic E-state index is 13.6. The highest BCUT2D eigenvalue weighted by Gasteiger charge is 2.44. The summed E-state index contributed by atoms with van der Waals surface area (Å²) in [6.07, 6.45) is 0.165. The monoisotopic (exact) mass is 426 g/mol. The minimum Gasteiger partial charge on any atom is -0.488 e. The van der Waals surface area contributed by atoms with Crippen LogP contribution in [0.25, 0.3) is 10.9 Å². The highest BCUT2D eigenvalue weighted by Crippen LogP contribution is 2.38. The molecule has 5 nitrogen and oxygen atoms in total. The third-order valence-corrected chi connectivity index (χ3v) is 6.70. The van der Waals surface area contributed by atoms with Crippen molar-refractivity contribution in [2.24, 2.45) is 18.9 Å². The van der Waals surface area contributed by atoms with E-state index < -0.39 is 6.10 Å². The Bertz CT molecular complexity index is 1130. The first-order valence-electron chi connectivity index (χ1n) is 10.5. The molecule has 0 spiro atoms. The zero-order valence-electron chi connectivity index (χ0n) is 17.2. The highest BCUT2D eigenvalue weighted by molar-refractivity contribution is 5.98. The maximum absolute atomic E-state index is 13.6. The van der Waals surface area contributed by atoms with Crippen LogP contribution in [0, 0.1) is 23.5 Å². The number of aryl methyl sites for hydroxylation is 1. The lowest BCUT2D eigenvalue weighted by molar-refractivity contribution is -0.0231. The van der Waals surface area contributed by atoms with Crippen molar-refractivity contribution in [1.29, 1.82) is 0 Å². The number of fused-ring (bicyclic) bond motifs is 2. The zero-order chi connectivity index (χ0) is 21.7. The SMILES string of the molecule is Cn1c(C(=O)N2C[C@H]3C[C@@H](Oc4ccc(F)cc4)[C@H](O)C[C@H]3C2)cc2cc(F)ccc21. The van der Waals surface area contributed by atoms with E-state index >= 15 is 0 Å². The number of rotatable bonds is 3. The fourth-order valence-corrected chi connectivity index (χ4v) is 5.06. The van der Waals surface area contributed by atoms with Crippen molar-refractivity contribution in [2.75, 3.05) is 13.1 Å². The number of ether oxygens (including phenoxy) is 1. The quantitative estimate of drug-likeness (QED) is 0.694. The number of hydrogen-bond acceptors (Lipinski definition) is 3. The van der Waals surface area contributed by atoms with Gasteiger partial charge in [0.15, 0.2) is 0 Å². The maximum Gasteiger partial charge on any atom is 0.270 e. The van der Waals surface area contributed by atoms with Crippen molar-refractivity contribution in [3.8, 4) is 5.75 Å².